The Morgan fingerprint density at radius 1 is 0.971 bits per heavy atom. The molecule has 188 valence electrons. The molecule has 0 spiro atoms. The van der Waals surface area contributed by atoms with Gasteiger partial charge in [0.25, 0.3) is 0 Å². The molecule has 0 fully saturated rings. The number of unbranched alkanes of at least 4 members (excludes halogenated alkanes) is 5. The first kappa shape index (κ1) is 27.6. The van der Waals surface area contributed by atoms with E-state index in [4.69, 9.17) is 18.9 Å². The monoisotopic (exact) mass is 470 g/mol. The Morgan fingerprint density at radius 2 is 1.68 bits per heavy atom. The molecule has 2 unspecified atom stereocenters. The second kappa shape index (κ2) is 14.6. The molecule has 2 aromatic rings. The minimum Gasteiger partial charge on any atom is -0.504 e. The third-order valence-electron chi connectivity index (χ3n) is 5.96. The maximum Gasteiger partial charge on any atom is 0.164 e. The van der Waals surface area contributed by atoms with E-state index in [0.29, 0.717) is 23.9 Å². The summed E-state index contributed by atoms with van der Waals surface area (Å²) in [5, 5.41) is 10.1. The highest BCUT2D eigenvalue weighted by Gasteiger charge is 2.25. The minimum absolute atomic E-state index is 0.102. The molecular formula is C29H42O5. The Morgan fingerprint density at radius 3 is 2.35 bits per heavy atom. The van der Waals surface area contributed by atoms with Crippen LogP contribution in [0.5, 0.6) is 23.0 Å². The Bertz CT molecular complexity index is 892. The lowest BCUT2D eigenvalue weighted by atomic mass is 10.0. The third-order valence-corrected chi connectivity index (χ3v) is 5.96. The van der Waals surface area contributed by atoms with E-state index in [1.54, 1.807) is 20.3 Å². The molecule has 1 N–H and O–H groups in total. The first-order valence-electron chi connectivity index (χ1n) is 12.4. The molecule has 0 saturated carbocycles. The van der Waals surface area contributed by atoms with E-state index in [9.17, 15) is 5.11 Å². The van der Waals surface area contributed by atoms with Gasteiger partial charge in [0.2, 0.25) is 0 Å². The first-order chi connectivity index (χ1) is 16.4. The quantitative estimate of drug-likeness (QED) is 0.206. The minimum atomic E-state index is -0.331. The number of hydrogen-bond donors (Lipinski definition) is 1. The number of phenols is 1. The molecule has 0 aliphatic rings. The molecule has 2 aromatic carbocycles. The summed E-state index contributed by atoms with van der Waals surface area (Å²) < 4.78 is 23.8. The predicted octanol–water partition coefficient (Wildman–Crippen LogP) is 7.33. The zero-order valence-electron chi connectivity index (χ0n) is 21.6. The van der Waals surface area contributed by atoms with Gasteiger partial charge in [0.05, 0.1) is 14.2 Å². The fraction of sp³-hybridized carbons (Fsp3) is 0.517. The molecule has 5 heteroatoms. The summed E-state index contributed by atoms with van der Waals surface area (Å²) in [5.74, 6) is 1.92. The second-order valence-corrected chi connectivity index (χ2v) is 8.75. The van der Waals surface area contributed by atoms with Gasteiger partial charge in [0.15, 0.2) is 23.0 Å². The largest absolute Gasteiger partial charge is 0.504 e. The predicted molar refractivity (Wildman–Crippen MR) is 138 cm³/mol. The van der Waals surface area contributed by atoms with Crippen LogP contribution in [-0.4, -0.2) is 32.0 Å². The lowest BCUT2D eigenvalue weighted by molar-refractivity contribution is -0.0229. The first-order valence-corrected chi connectivity index (χ1v) is 12.4. The summed E-state index contributed by atoms with van der Waals surface area (Å²) >= 11 is 0. The number of allylic oxidation sites excluding steroid dienone is 1. The highest BCUT2D eigenvalue weighted by molar-refractivity contribution is 5.49. The van der Waals surface area contributed by atoms with Crippen LogP contribution >= 0.6 is 0 Å². The van der Waals surface area contributed by atoms with E-state index < -0.39 is 0 Å². The number of aryl methyl sites for hydroxylation is 1. The Labute approximate surface area is 205 Å². The second-order valence-electron chi connectivity index (χ2n) is 8.75. The van der Waals surface area contributed by atoms with Gasteiger partial charge >= 0.3 is 0 Å². The number of rotatable bonds is 16. The molecule has 0 aliphatic carbocycles. The van der Waals surface area contributed by atoms with Crippen molar-refractivity contribution < 1.29 is 24.1 Å². The van der Waals surface area contributed by atoms with Crippen LogP contribution in [0.1, 0.15) is 75.2 Å². The van der Waals surface area contributed by atoms with E-state index in [2.05, 4.69) is 19.6 Å². The zero-order valence-corrected chi connectivity index (χ0v) is 21.6. The molecule has 0 heterocycles. The van der Waals surface area contributed by atoms with E-state index in [1.807, 2.05) is 38.1 Å². The van der Waals surface area contributed by atoms with Gasteiger partial charge in [-0.1, -0.05) is 57.2 Å². The SMILES string of the molecule is C=CCc1cc(C)c(OC(C)C(OCCCCCCCC)c2ccc(O)c(OC)c2)c(OC)c1. The molecule has 0 radical (unpaired) electrons. The molecule has 0 aliphatic heterocycles. The number of aromatic hydroxyl groups is 1. The highest BCUT2D eigenvalue weighted by Crippen LogP contribution is 2.37. The van der Waals surface area contributed by atoms with Crippen LogP contribution < -0.4 is 14.2 Å². The lowest BCUT2D eigenvalue weighted by Crippen LogP contribution is -2.25. The van der Waals surface area contributed by atoms with Crippen molar-refractivity contribution in [3.8, 4) is 23.0 Å². The Balaban J connectivity index is 2.21. The zero-order chi connectivity index (χ0) is 24.9. The van der Waals surface area contributed by atoms with Crippen LogP contribution in [0, 0.1) is 6.92 Å². The van der Waals surface area contributed by atoms with Crippen LogP contribution in [0.4, 0.5) is 0 Å². The topological polar surface area (TPSA) is 57.2 Å². The van der Waals surface area contributed by atoms with E-state index in [1.165, 1.54) is 25.7 Å². The molecule has 2 atom stereocenters. The number of hydrogen-bond acceptors (Lipinski definition) is 5. The van der Waals surface area contributed by atoms with Crippen molar-refractivity contribution in [1.82, 2.24) is 0 Å². The molecular weight excluding hydrogens is 428 g/mol. The van der Waals surface area contributed by atoms with E-state index >= 15 is 0 Å². The summed E-state index contributed by atoms with van der Waals surface area (Å²) in [6, 6.07) is 9.41. The van der Waals surface area contributed by atoms with E-state index in [0.717, 1.165) is 36.0 Å². The van der Waals surface area contributed by atoms with Crippen LogP contribution in [0.2, 0.25) is 0 Å². The molecule has 0 bridgehead atoms. The van der Waals surface area contributed by atoms with Crippen LogP contribution in [0.3, 0.4) is 0 Å². The summed E-state index contributed by atoms with van der Waals surface area (Å²) in [4.78, 5) is 0. The maximum atomic E-state index is 10.1. The molecule has 2 rings (SSSR count). The van der Waals surface area contributed by atoms with Crippen molar-refractivity contribution in [2.75, 3.05) is 20.8 Å². The van der Waals surface area contributed by atoms with Gasteiger partial charge < -0.3 is 24.1 Å². The number of benzene rings is 2. The Kier molecular flexibility index (Phi) is 11.8. The molecule has 0 saturated heterocycles. The lowest BCUT2D eigenvalue weighted by Gasteiger charge is -2.28. The van der Waals surface area contributed by atoms with Crippen molar-refractivity contribution in [3.05, 3.63) is 59.7 Å². The van der Waals surface area contributed by atoms with Gasteiger partial charge in [0.1, 0.15) is 12.2 Å². The van der Waals surface area contributed by atoms with Gasteiger partial charge in [-0.05, 0) is 61.6 Å². The van der Waals surface area contributed by atoms with Crippen LogP contribution in [0.25, 0.3) is 0 Å². The third kappa shape index (κ3) is 7.98. The van der Waals surface area contributed by atoms with Gasteiger partial charge in [0, 0.05) is 6.61 Å². The average molecular weight is 471 g/mol. The van der Waals surface area contributed by atoms with Crippen molar-refractivity contribution in [2.24, 2.45) is 0 Å². The summed E-state index contributed by atoms with van der Waals surface area (Å²) in [6.07, 6.45) is 9.20. The van der Waals surface area contributed by atoms with Crippen molar-refractivity contribution in [2.45, 2.75) is 77.9 Å². The maximum absolute atomic E-state index is 10.1. The number of methoxy groups -OCH3 is 2. The number of phenolic OH excluding ortho intramolecular Hbond substituents is 1. The summed E-state index contributed by atoms with van der Waals surface area (Å²) in [6.45, 7) is 10.7. The van der Waals surface area contributed by atoms with Gasteiger partial charge in [-0.2, -0.15) is 0 Å². The van der Waals surface area contributed by atoms with Gasteiger partial charge in [-0.3, -0.25) is 0 Å². The van der Waals surface area contributed by atoms with E-state index in [-0.39, 0.29) is 18.0 Å². The molecule has 0 aromatic heterocycles. The molecule has 34 heavy (non-hydrogen) atoms. The van der Waals surface area contributed by atoms with Crippen molar-refractivity contribution >= 4 is 0 Å². The number of ether oxygens (including phenoxy) is 4. The standard InChI is InChI=1S/C29H42O5/c1-7-9-10-11-12-13-17-33-29(24-15-16-25(30)26(20-24)31-5)22(4)34-28-21(3)18-23(14-8-2)19-27(28)32-6/h8,15-16,18-20,22,29-30H,2,7,9-14,17H2,1,3-6H3. The smallest absolute Gasteiger partial charge is 0.164 e. The fourth-order valence-electron chi connectivity index (χ4n) is 4.12. The van der Waals surface area contributed by atoms with Crippen LogP contribution in [0.15, 0.2) is 43.0 Å². The Hall–Kier alpha value is -2.66. The van der Waals surface area contributed by atoms with Crippen molar-refractivity contribution in [3.63, 3.8) is 0 Å². The fourth-order valence-corrected chi connectivity index (χ4v) is 4.12. The van der Waals surface area contributed by atoms with Gasteiger partial charge in [-0.15, -0.1) is 6.58 Å². The highest BCUT2D eigenvalue weighted by atomic mass is 16.6. The average Bonchev–Trinajstić information content (AvgIpc) is 2.83. The molecule has 0 amide bonds. The summed E-state index contributed by atoms with van der Waals surface area (Å²) in [5.41, 5.74) is 3.03. The normalized spacial score (nSPS) is 12.7. The van der Waals surface area contributed by atoms with Gasteiger partial charge in [-0.25, -0.2) is 0 Å². The molecule has 5 nitrogen and oxygen atoms in total. The van der Waals surface area contributed by atoms with Crippen molar-refractivity contribution in [1.29, 1.82) is 0 Å². The van der Waals surface area contributed by atoms with Crippen LogP contribution in [-0.2, 0) is 11.2 Å². The summed E-state index contributed by atoms with van der Waals surface area (Å²) in [7, 11) is 3.20.